The zero-order valence-corrected chi connectivity index (χ0v) is 11.4. The van der Waals surface area contributed by atoms with Crippen molar-refractivity contribution in [1.29, 1.82) is 0 Å². The van der Waals surface area contributed by atoms with Gasteiger partial charge in [-0.05, 0) is 17.9 Å². The summed E-state index contributed by atoms with van der Waals surface area (Å²) in [7, 11) is 0. The van der Waals surface area contributed by atoms with Gasteiger partial charge in [-0.1, -0.05) is 25.4 Å². The van der Waals surface area contributed by atoms with Gasteiger partial charge in [0.05, 0.1) is 10.6 Å². The topological polar surface area (TPSA) is 59.2 Å². The Hall–Kier alpha value is -1.13. The van der Waals surface area contributed by atoms with E-state index in [1.54, 1.807) is 12.3 Å². The second-order valence-electron chi connectivity index (χ2n) is 5.47. The van der Waals surface area contributed by atoms with Crippen molar-refractivity contribution >= 4 is 17.5 Å². The Morgan fingerprint density at radius 1 is 1.61 bits per heavy atom. The zero-order valence-electron chi connectivity index (χ0n) is 10.7. The first-order valence-corrected chi connectivity index (χ1v) is 6.44. The molecule has 1 fully saturated rings. The minimum absolute atomic E-state index is 0.0395. The summed E-state index contributed by atoms with van der Waals surface area (Å²) in [5, 5.41) is 0.398. The molecule has 2 N–H and O–H groups in total. The van der Waals surface area contributed by atoms with Gasteiger partial charge in [0.1, 0.15) is 0 Å². The highest BCUT2D eigenvalue weighted by molar-refractivity contribution is 6.33. The van der Waals surface area contributed by atoms with Crippen molar-refractivity contribution in [2.45, 2.75) is 26.3 Å². The molecule has 0 saturated carbocycles. The first-order chi connectivity index (χ1) is 8.42. The molecule has 2 rings (SSSR count). The number of hydrogen-bond acceptors (Lipinski definition) is 3. The fourth-order valence-electron chi connectivity index (χ4n) is 2.27. The molecule has 1 amide bonds. The Balaban J connectivity index is 2.18. The van der Waals surface area contributed by atoms with Crippen LogP contribution >= 0.6 is 11.6 Å². The number of hydrogen-bond donors (Lipinski definition) is 1. The number of likely N-dealkylation sites (tertiary alicyclic amines) is 1. The number of amides is 1. The van der Waals surface area contributed by atoms with E-state index in [0.717, 1.165) is 6.42 Å². The Morgan fingerprint density at radius 3 is 2.94 bits per heavy atom. The Kier molecular flexibility index (Phi) is 3.59. The van der Waals surface area contributed by atoms with Gasteiger partial charge < -0.3 is 10.6 Å². The molecular formula is C13H18ClN3O. The van der Waals surface area contributed by atoms with Crippen molar-refractivity contribution in [2.24, 2.45) is 11.1 Å². The molecule has 0 radical (unpaired) electrons. The SMILES string of the molecule is CC1(C)CN(C(=O)c2ccncc2Cl)CCC1N. The quantitative estimate of drug-likeness (QED) is 0.846. The number of carbonyl (C=O) groups is 1. The number of aromatic nitrogens is 1. The molecule has 0 spiro atoms. The third-order valence-corrected chi connectivity index (χ3v) is 3.90. The van der Waals surface area contributed by atoms with E-state index in [2.05, 4.69) is 18.8 Å². The zero-order chi connectivity index (χ0) is 13.3. The summed E-state index contributed by atoms with van der Waals surface area (Å²) in [6, 6.07) is 1.79. The number of pyridine rings is 1. The average molecular weight is 268 g/mol. The summed E-state index contributed by atoms with van der Waals surface area (Å²) in [5.41, 5.74) is 6.52. The highest BCUT2D eigenvalue weighted by Gasteiger charge is 2.35. The van der Waals surface area contributed by atoms with Crippen LogP contribution in [0.25, 0.3) is 0 Å². The van der Waals surface area contributed by atoms with Crippen molar-refractivity contribution in [1.82, 2.24) is 9.88 Å². The van der Waals surface area contributed by atoms with Crippen LogP contribution in [-0.4, -0.2) is 34.9 Å². The van der Waals surface area contributed by atoms with E-state index >= 15 is 0 Å². The number of nitrogens with two attached hydrogens (primary N) is 1. The summed E-state index contributed by atoms with van der Waals surface area (Å²) in [5.74, 6) is -0.0395. The maximum Gasteiger partial charge on any atom is 0.255 e. The Morgan fingerprint density at radius 2 is 2.33 bits per heavy atom. The third kappa shape index (κ3) is 2.49. The molecule has 0 aliphatic carbocycles. The maximum absolute atomic E-state index is 12.4. The third-order valence-electron chi connectivity index (χ3n) is 3.60. The molecule has 2 heterocycles. The average Bonchev–Trinajstić information content (AvgIpc) is 2.32. The minimum atomic E-state index is -0.0621. The molecule has 5 heteroatoms. The highest BCUT2D eigenvalue weighted by Crippen LogP contribution is 2.29. The van der Waals surface area contributed by atoms with Gasteiger partial charge in [-0.25, -0.2) is 0 Å². The monoisotopic (exact) mass is 267 g/mol. The number of rotatable bonds is 1. The fraction of sp³-hybridized carbons (Fsp3) is 0.538. The van der Waals surface area contributed by atoms with Crippen LogP contribution in [0.3, 0.4) is 0 Å². The van der Waals surface area contributed by atoms with Crippen molar-refractivity contribution in [2.75, 3.05) is 13.1 Å². The van der Waals surface area contributed by atoms with Gasteiger partial charge in [-0.15, -0.1) is 0 Å². The predicted octanol–water partition coefficient (Wildman–Crippen LogP) is 1.93. The summed E-state index contributed by atoms with van der Waals surface area (Å²) >= 11 is 6.00. The largest absolute Gasteiger partial charge is 0.338 e. The van der Waals surface area contributed by atoms with Gasteiger partial charge in [-0.3, -0.25) is 9.78 Å². The van der Waals surface area contributed by atoms with Gasteiger partial charge in [0.15, 0.2) is 0 Å². The summed E-state index contributed by atoms with van der Waals surface area (Å²) in [6.45, 7) is 5.52. The smallest absolute Gasteiger partial charge is 0.255 e. The number of nitrogens with zero attached hydrogens (tertiary/aromatic N) is 2. The van der Waals surface area contributed by atoms with Crippen LogP contribution in [0, 0.1) is 5.41 Å². The molecule has 1 atom stereocenters. The lowest BCUT2D eigenvalue weighted by atomic mass is 9.79. The standard InChI is InChI=1S/C13H18ClN3O/c1-13(2)8-17(6-4-11(13)15)12(18)9-3-5-16-7-10(9)14/h3,5,7,11H,4,6,8,15H2,1-2H3. The molecule has 1 aliphatic rings. The van der Waals surface area contributed by atoms with Crippen molar-refractivity contribution in [3.8, 4) is 0 Å². The van der Waals surface area contributed by atoms with Crippen LogP contribution < -0.4 is 5.73 Å². The summed E-state index contributed by atoms with van der Waals surface area (Å²) in [6.07, 6.45) is 3.90. The molecule has 0 bridgehead atoms. The van der Waals surface area contributed by atoms with E-state index in [9.17, 15) is 4.79 Å². The Bertz CT molecular complexity index is 461. The number of halogens is 1. The highest BCUT2D eigenvalue weighted by atomic mass is 35.5. The van der Waals surface area contributed by atoms with E-state index in [0.29, 0.717) is 23.7 Å². The lowest BCUT2D eigenvalue weighted by molar-refractivity contribution is 0.0533. The fourth-order valence-corrected chi connectivity index (χ4v) is 2.47. The van der Waals surface area contributed by atoms with Crippen LogP contribution in [0.15, 0.2) is 18.5 Å². The van der Waals surface area contributed by atoms with Crippen LogP contribution in [0.2, 0.25) is 5.02 Å². The lowest BCUT2D eigenvalue weighted by Gasteiger charge is -2.42. The van der Waals surface area contributed by atoms with E-state index in [-0.39, 0.29) is 17.4 Å². The number of carbonyl (C=O) groups excluding carboxylic acids is 1. The second kappa shape index (κ2) is 4.86. The molecule has 1 aromatic rings. The first kappa shape index (κ1) is 13.3. The van der Waals surface area contributed by atoms with Gasteiger partial charge in [0.25, 0.3) is 5.91 Å². The number of piperidine rings is 1. The van der Waals surface area contributed by atoms with E-state index in [1.807, 2.05) is 4.90 Å². The van der Waals surface area contributed by atoms with Gasteiger partial charge in [0, 0.05) is 31.5 Å². The molecule has 0 aromatic carbocycles. The molecule has 18 heavy (non-hydrogen) atoms. The molecule has 98 valence electrons. The predicted molar refractivity (Wildman–Crippen MR) is 71.5 cm³/mol. The minimum Gasteiger partial charge on any atom is -0.338 e. The second-order valence-corrected chi connectivity index (χ2v) is 5.87. The molecule has 4 nitrogen and oxygen atoms in total. The van der Waals surface area contributed by atoms with Gasteiger partial charge >= 0.3 is 0 Å². The van der Waals surface area contributed by atoms with E-state index in [4.69, 9.17) is 17.3 Å². The molecule has 1 saturated heterocycles. The van der Waals surface area contributed by atoms with Gasteiger partial charge in [0.2, 0.25) is 0 Å². The van der Waals surface area contributed by atoms with Crippen LogP contribution in [-0.2, 0) is 0 Å². The first-order valence-electron chi connectivity index (χ1n) is 6.06. The molecule has 1 unspecified atom stereocenters. The summed E-state index contributed by atoms with van der Waals surface area (Å²) < 4.78 is 0. The van der Waals surface area contributed by atoms with Gasteiger partial charge in [-0.2, -0.15) is 0 Å². The van der Waals surface area contributed by atoms with Crippen molar-refractivity contribution in [3.05, 3.63) is 29.0 Å². The van der Waals surface area contributed by atoms with Crippen LogP contribution in [0.4, 0.5) is 0 Å². The molecular weight excluding hydrogens is 250 g/mol. The molecule has 1 aliphatic heterocycles. The normalized spacial score (nSPS) is 22.9. The lowest BCUT2D eigenvalue weighted by Crippen LogP contribution is -2.54. The Labute approximate surface area is 112 Å². The maximum atomic E-state index is 12.4. The van der Waals surface area contributed by atoms with Crippen LogP contribution in [0.1, 0.15) is 30.6 Å². The van der Waals surface area contributed by atoms with Crippen molar-refractivity contribution < 1.29 is 4.79 Å². The molecule has 1 aromatic heterocycles. The van der Waals surface area contributed by atoms with Crippen molar-refractivity contribution in [3.63, 3.8) is 0 Å². The van der Waals surface area contributed by atoms with E-state index in [1.165, 1.54) is 6.20 Å². The van der Waals surface area contributed by atoms with E-state index < -0.39 is 0 Å². The summed E-state index contributed by atoms with van der Waals surface area (Å²) in [4.78, 5) is 18.1. The van der Waals surface area contributed by atoms with Crippen LogP contribution in [0.5, 0.6) is 0 Å².